The molecule has 2 aromatic rings. The number of rotatable bonds is 7. The maximum absolute atomic E-state index is 5.68. The summed E-state index contributed by atoms with van der Waals surface area (Å²) in [6, 6.07) is 3.92. The molecule has 2 aromatic heterocycles. The summed E-state index contributed by atoms with van der Waals surface area (Å²) >= 11 is 1.71. The van der Waals surface area contributed by atoms with Gasteiger partial charge in [0.1, 0.15) is 0 Å². The highest BCUT2D eigenvalue weighted by atomic mass is 127. The maximum atomic E-state index is 5.68. The molecule has 2 heterocycles. The number of halogens is 1. The van der Waals surface area contributed by atoms with Gasteiger partial charge in [-0.05, 0) is 26.3 Å². The Bertz CT molecular complexity index is 689. The molecule has 0 bridgehead atoms. The third-order valence-corrected chi connectivity index (χ3v) is 4.45. The van der Waals surface area contributed by atoms with Crippen molar-refractivity contribution in [3.05, 3.63) is 39.5 Å². The molecule has 0 aliphatic heterocycles. The molecule has 0 aliphatic rings. The summed E-state index contributed by atoms with van der Waals surface area (Å²) in [6.45, 7) is 8.12. The standard InChI is InChI=1S/C17H25N5OS.HI/c1-5-9-23-16-14(7-6-8-19-16)10-20-17(18-4)21-11-15-12(2)22-13(3)24-15;/h6-8H,5,9-11H2,1-4H3,(H2,18,20,21);1H. The smallest absolute Gasteiger partial charge is 0.218 e. The summed E-state index contributed by atoms with van der Waals surface area (Å²) in [7, 11) is 1.76. The van der Waals surface area contributed by atoms with Gasteiger partial charge in [-0.15, -0.1) is 35.3 Å². The van der Waals surface area contributed by atoms with Crippen molar-refractivity contribution in [2.75, 3.05) is 13.7 Å². The van der Waals surface area contributed by atoms with Crippen molar-refractivity contribution in [2.24, 2.45) is 4.99 Å². The Morgan fingerprint density at radius 1 is 1.28 bits per heavy atom. The minimum Gasteiger partial charge on any atom is -0.477 e. The molecular weight excluding hydrogens is 449 g/mol. The number of pyridine rings is 1. The van der Waals surface area contributed by atoms with E-state index in [1.54, 1.807) is 24.6 Å². The van der Waals surface area contributed by atoms with Crippen LogP contribution in [-0.2, 0) is 13.1 Å². The van der Waals surface area contributed by atoms with Crippen molar-refractivity contribution in [1.82, 2.24) is 20.6 Å². The summed E-state index contributed by atoms with van der Waals surface area (Å²) < 4.78 is 5.68. The molecule has 0 aromatic carbocycles. The van der Waals surface area contributed by atoms with E-state index in [-0.39, 0.29) is 24.0 Å². The quantitative estimate of drug-likeness (QED) is 0.365. The zero-order valence-corrected chi connectivity index (χ0v) is 18.3. The molecule has 138 valence electrons. The molecule has 0 saturated carbocycles. The Hall–Kier alpha value is -1.42. The van der Waals surface area contributed by atoms with E-state index in [9.17, 15) is 0 Å². The van der Waals surface area contributed by atoms with Gasteiger partial charge in [0.2, 0.25) is 5.88 Å². The van der Waals surface area contributed by atoms with Crippen LogP contribution < -0.4 is 15.4 Å². The molecule has 6 nitrogen and oxygen atoms in total. The number of aliphatic imine (C=N–C) groups is 1. The van der Waals surface area contributed by atoms with Crippen LogP contribution in [0.25, 0.3) is 0 Å². The van der Waals surface area contributed by atoms with Gasteiger partial charge in [-0.2, -0.15) is 0 Å². The second-order valence-electron chi connectivity index (χ2n) is 5.34. The Labute approximate surface area is 170 Å². The molecule has 8 heteroatoms. The van der Waals surface area contributed by atoms with Crippen LogP contribution in [0.1, 0.15) is 34.5 Å². The zero-order valence-electron chi connectivity index (χ0n) is 15.1. The van der Waals surface area contributed by atoms with Gasteiger partial charge in [0.25, 0.3) is 0 Å². The molecule has 0 atom stereocenters. The maximum Gasteiger partial charge on any atom is 0.218 e. The van der Waals surface area contributed by atoms with Gasteiger partial charge in [0.15, 0.2) is 5.96 Å². The molecule has 0 fully saturated rings. The van der Waals surface area contributed by atoms with Crippen LogP contribution in [0.5, 0.6) is 5.88 Å². The molecule has 2 N–H and O–H groups in total. The lowest BCUT2D eigenvalue weighted by Crippen LogP contribution is -2.36. The van der Waals surface area contributed by atoms with Gasteiger partial charge in [-0.25, -0.2) is 9.97 Å². The lowest BCUT2D eigenvalue weighted by molar-refractivity contribution is 0.301. The number of hydrogen-bond acceptors (Lipinski definition) is 5. The Morgan fingerprint density at radius 2 is 2.04 bits per heavy atom. The summed E-state index contributed by atoms with van der Waals surface area (Å²) in [4.78, 5) is 14.2. The van der Waals surface area contributed by atoms with Gasteiger partial charge < -0.3 is 15.4 Å². The van der Waals surface area contributed by atoms with Gasteiger partial charge >= 0.3 is 0 Å². The van der Waals surface area contributed by atoms with Gasteiger partial charge in [-0.1, -0.05) is 13.0 Å². The topological polar surface area (TPSA) is 71.4 Å². The zero-order chi connectivity index (χ0) is 17.4. The van der Waals surface area contributed by atoms with E-state index in [1.165, 1.54) is 4.88 Å². The van der Waals surface area contributed by atoms with Crippen molar-refractivity contribution < 1.29 is 4.74 Å². The monoisotopic (exact) mass is 475 g/mol. The largest absolute Gasteiger partial charge is 0.477 e. The second-order valence-corrected chi connectivity index (χ2v) is 6.62. The molecule has 0 spiro atoms. The van der Waals surface area contributed by atoms with Crippen molar-refractivity contribution in [2.45, 2.75) is 40.3 Å². The van der Waals surface area contributed by atoms with Crippen LogP contribution >= 0.6 is 35.3 Å². The number of aromatic nitrogens is 2. The minimum absolute atomic E-state index is 0. The Morgan fingerprint density at radius 3 is 2.68 bits per heavy atom. The molecule has 0 aliphatic carbocycles. The molecule has 2 rings (SSSR count). The van der Waals surface area contributed by atoms with E-state index in [0.29, 0.717) is 25.6 Å². The first-order valence-corrected chi connectivity index (χ1v) is 8.89. The number of thiazole rings is 1. The minimum atomic E-state index is 0. The fourth-order valence-corrected chi connectivity index (χ4v) is 3.07. The average Bonchev–Trinajstić information content (AvgIpc) is 2.91. The number of nitrogens with zero attached hydrogens (tertiary/aromatic N) is 3. The molecule has 0 unspecified atom stereocenters. The van der Waals surface area contributed by atoms with Crippen LogP contribution in [0.4, 0.5) is 0 Å². The average molecular weight is 475 g/mol. The molecule has 0 saturated heterocycles. The predicted octanol–water partition coefficient (Wildman–Crippen LogP) is 3.43. The predicted molar refractivity (Wildman–Crippen MR) is 114 cm³/mol. The van der Waals surface area contributed by atoms with E-state index in [1.807, 2.05) is 26.0 Å². The normalized spacial score (nSPS) is 11.0. The lowest BCUT2D eigenvalue weighted by Gasteiger charge is -2.13. The molecule has 0 radical (unpaired) electrons. The van der Waals surface area contributed by atoms with Crippen LogP contribution in [-0.4, -0.2) is 29.6 Å². The number of aryl methyl sites for hydroxylation is 2. The lowest BCUT2D eigenvalue weighted by atomic mass is 10.2. The van der Waals surface area contributed by atoms with Crippen LogP contribution in [0.15, 0.2) is 23.3 Å². The van der Waals surface area contributed by atoms with Crippen molar-refractivity contribution >= 4 is 41.3 Å². The summed E-state index contributed by atoms with van der Waals surface area (Å²) in [6.07, 6.45) is 2.71. The van der Waals surface area contributed by atoms with Gasteiger partial charge in [-0.3, -0.25) is 4.99 Å². The van der Waals surface area contributed by atoms with Crippen LogP contribution in [0.3, 0.4) is 0 Å². The van der Waals surface area contributed by atoms with Gasteiger partial charge in [0.05, 0.1) is 23.9 Å². The fraction of sp³-hybridized carbons (Fsp3) is 0.471. The highest BCUT2D eigenvalue weighted by molar-refractivity contribution is 14.0. The van der Waals surface area contributed by atoms with E-state index in [2.05, 4.69) is 32.5 Å². The molecule has 0 amide bonds. The van der Waals surface area contributed by atoms with Crippen molar-refractivity contribution in [3.63, 3.8) is 0 Å². The molecule has 25 heavy (non-hydrogen) atoms. The fourth-order valence-electron chi connectivity index (χ4n) is 2.19. The van der Waals surface area contributed by atoms with E-state index >= 15 is 0 Å². The van der Waals surface area contributed by atoms with Crippen LogP contribution in [0.2, 0.25) is 0 Å². The van der Waals surface area contributed by atoms with Gasteiger partial charge in [0, 0.05) is 30.2 Å². The number of hydrogen-bond donors (Lipinski definition) is 2. The second kappa shape index (κ2) is 11.2. The van der Waals surface area contributed by atoms with Crippen LogP contribution in [0, 0.1) is 13.8 Å². The first kappa shape index (κ1) is 21.6. The Kier molecular flexibility index (Phi) is 9.73. The van der Waals surface area contributed by atoms with E-state index in [4.69, 9.17) is 4.74 Å². The summed E-state index contributed by atoms with van der Waals surface area (Å²) in [5, 5.41) is 7.71. The third-order valence-electron chi connectivity index (χ3n) is 3.38. The number of ether oxygens (including phenoxy) is 1. The highest BCUT2D eigenvalue weighted by Crippen LogP contribution is 2.17. The van der Waals surface area contributed by atoms with E-state index in [0.717, 1.165) is 28.6 Å². The summed E-state index contributed by atoms with van der Waals surface area (Å²) in [5.74, 6) is 1.42. The SMILES string of the molecule is CCCOc1ncccc1CNC(=NC)NCc1sc(C)nc1C.I. The molecular formula is C17H26IN5OS. The Balaban J connectivity index is 0.00000312. The number of nitrogens with one attached hydrogen (secondary N) is 2. The number of guanidine groups is 1. The van der Waals surface area contributed by atoms with Crippen molar-refractivity contribution in [3.8, 4) is 5.88 Å². The third kappa shape index (κ3) is 6.77. The first-order valence-electron chi connectivity index (χ1n) is 8.08. The van der Waals surface area contributed by atoms with Crippen molar-refractivity contribution in [1.29, 1.82) is 0 Å². The summed E-state index contributed by atoms with van der Waals surface area (Å²) in [5.41, 5.74) is 2.08. The highest BCUT2D eigenvalue weighted by Gasteiger charge is 2.08. The first-order chi connectivity index (χ1) is 11.6. The van der Waals surface area contributed by atoms with E-state index < -0.39 is 0 Å².